The van der Waals surface area contributed by atoms with Crippen LogP contribution in [0.15, 0.2) is 41.2 Å². The van der Waals surface area contributed by atoms with Crippen LogP contribution in [0.3, 0.4) is 0 Å². The number of carbonyl (C=O) groups is 1. The first-order chi connectivity index (χ1) is 9.00. The molecule has 0 atom stereocenters. The molecule has 0 spiro atoms. The Labute approximate surface area is 110 Å². The molecule has 1 heterocycles. The summed E-state index contributed by atoms with van der Waals surface area (Å²) in [6.07, 6.45) is 0. The van der Waals surface area contributed by atoms with E-state index in [0.29, 0.717) is 11.4 Å². The lowest BCUT2D eigenvalue weighted by molar-refractivity contribution is 0.102. The average molecular weight is 258 g/mol. The van der Waals surface area contributed by atoms with Crippen LogP contribution >= 0.6 is 0 Å². The Hall–Kier alpha value is -2.56. The number of benzene rings is 1. The summed E-state index contributed by atoms with van der Waals surface area (Å²) in [5, 5.41) is 12.3. The first-order valence-electron chi connectivity index (χ1n) is 5.76. The summed E-state index contributed by atoms with van der Waals surface area (Å²) < 4.78 is 1.32. The third kappa shape index (κ3) is 2.49. The third-order valence-electron chi connectivity index (χ3n) is 2.91. The maximum absolute atomic E-state index is 12.0. The molecule has 2 N–H and O–H groups in total. The molecule has 5 nitrogen and oxygen atoms in total. The van der Waals surface area contributed by atoms with Gasteiger partial charge in [0, 0.05) is 24.5 Å². The van der Waals surface area contributed by atoms with Crippen molar-refractivity contribution < 1.29 is 9.90 Å². The van der Waals surface area contributed by atoms with E-state index < -0.39 is 11.5 Å². The fourth-order valence-corrected chi connectivity index (χ4v) is 1.73. The number of carbonyl (C=O) groups excluding carboxylic acids is 1. The van der Waals surface area contributed by atoms with Crippen LogP contribution in [-0.4, -0.2) is 15.6 Å². The van der Waals surface area contributed by atoms with E-state index in [-0.39, 0.29) is 11.3 Å². The van der Waals surface area contributed by atoms with Gasteiger partial charge in [-0.15, -0.1) is 0 Å². The van der Waals surface area contributed by atoms with Gasteiger partial charge in [0.1, 0.15) is 11.3 Å². The summed E-state index contributed by atoms with van der Waals surface area (Å²) in [7, 11) is 1.55. The molecular formula is C14H14N2O3. The van der Waals surface area contributed by atoms with Gasteiger partial charge in [-0.2, -0.15) is 0 Å². The lowest BCUT2D eigenvalue weighted by atomic mass is 10.2. The molecule has 0 fully saturated rings. The highest BCUT2D eigenvalue weighted by Crippen LogP contribution is 2.16. The van der Waals surface area contributed by atoms with Gasteiger partial charge >= 0.3 is 0 Å². The van der Waals surface area contributed by atoms with Crippen LogP contribution in [0.2, 0.25) is 0 Å². The number of aromatic nitrogens is 1. The highest BCUT2D eigenvalue weighted by Gasteiger charge is 2.18. The van der Waals surface area contributed by atoms with Gasteiger partial charge in [0.05, 0.1) is 0 Å². The van der Waals surface area contributed by atoms with E-state index in [1.807, 2.05) is 6.07 Å². The normalized spacial score (nSPS) is 10.2. The molecule has 2 aromatic rings. The van der Waals surface area contributed by atoms with E-state index >= 15 is 0 Å². The van der Waals surface area contributed by atoms with Crippen molar-refractivity contribution in [3.05, 3.63) is 58.0 Å². The second-order valence-electron chi connectivity index (χ2n) is 4.23. The van der Waals surface area contributed by atoms with Gasteiger partial charge in [0.25, 0.3) is 11.5 Å². The molecule has 0 aliphatic carbocycles. The fraction of sp³-hybridized carbons (Fsp3) is 0.143. The van der Waals surface area contributed by atoms with E-state index in [1.165, 1.54) is 10.6 Å². The number of hydrogen-bond donors (Lipinski definition) is 2. The number of anilines is 1. The summed E-state index contributed by atoms with van der Waals surface area (Å²) in [6.45, 7) is 1.68. The lowest BCUT2D eigenvalue weighted by Crippen LogP contribution is -2.28. The van der Waals surface area contributed by atoms with Crippen LogP contribution in [0, 0.1) is 6.92 Å². The Morgan fingerprint density at radius 2 is 1.89 bits per heavy atom. The minimum absolute atomic E-state index is 0.253. The first kappa shape index (κ1) is 12.9. The number of nitrogens with one attached hydrogen (secondary N) is 1. The number of amides is 1. The van der Waals surface area contributed by atoms with Crippen LogP contribution in [0.4, 0.5) is 5.69 Å². The molecule has 0 unspecified atom stereocenters. The molecule has 5 heteroatoms. The van der Waals surface area contributed by atoms with Crippen LogP contribution in [0.25, 0.3) is 0 Å². The largest absolute Gasteiger partial charge is 0.507 e. The molecule has 1 amide bonds. The van der Waals surface area contributed by atoms with Crippen LogP contribution in [0.5, 0.6) is 5.75 Å². The molecule has 2 rings (SSSR count). The quantitative estimate of drug-likeness (QED) is 0.860. The lowest BCUT2D eigenvalue weighted by Gasteiger charge is -2.10. The Kier molecular flexibility index (Phi) is 3.37. The first-order valence-corrected chi connectivity index (χ1v) is 5.76. The van der Waals surface area contributed by atoms with E-state index in [1.54, 1.807) is 38.2 Å². The summed E-state index contributed by atoms with van der Waals surface area (Å²) in [5.41, 5.74) is 0.371. The second-order valence-corrected chi connectivity index (χ2v) is 4.23. The van der Waals surface area contributed by atoms with E-state index in [0.717, 1.165) is 0 Å². The van der Waals surface area contributed by atoms with Crippen molar-refractivity contribution in [3.63, 3.8) is 0 Å². The zero-order valence-electron chi connectivity index (χ0n) is 10.7. The highest BCUT2D eigenvalue weighted by molar-refractivity contribution is 6.05. The number of aryl methyl sites for hydroxylation is 1. The van der Waals surface area contributed by atoms with Crippen molar-refractivity contribution >= 4 is 11.6 Å². The van der Waals surface area contributed by atoms with Crippen molar-refractivity contribution in [1.29, 1.82) is 0 Å². The number of para-hydroxylation sites is 1. The fourth-order valence-electron chi connectivity index (χ4n) is 1.73. The standard InChI is InChI=1S/C14H14N2O3/c1-9-8-11(17)12(14(19)16(9)2)13(18)15-10-6-4-3-5-7-10/h3-8,17H,1-2H3,(H,15,18). The number of nitrogens with zero attached hydrogens (tertiary/aromatic N) is 1. The van der Waals surface area contributed by atoms with Gasteiger partial charge in [-0.1, -0.05) is 18.2 Å². The minimum atomic E-state index is -0.621. The van der Waals surface area contributed by atoms with E-state index in [4.69, 9.17) is 0 Å². The molecule has 0 aliphatic rings. The maximum atomic E-state index is 12.0. The molecule has 19 heavy (non-hydrogen) atoms. The predicted octanol–water partition coefficient (Wildman–Crippen LogP) is 1.65. The monoisotopic (exact) mass is 258 g/mol. The highest BCUT2D eigenvalue weighted by atomic mass is 16.3. The Morgan fingerprint density at radius 1 is 1.26 bits per heavy atom. The van der Waals surface area contributed by atoms with Gasteiger partial charge in [-0.25, -0.2) is 0 Å². The van der Waals surface area contributed by atoms with Crippen molar-refractivity contribution in [2.45, 2.75) is 6.92 Å². The van der Waals surface area contributed by atoms with Crippen molar-refractivity contribution in [1.82, 2.24) is 4.57 Å². The molecular weight excluding hydrogens is 244 g/mol. The molecule has 0 bridgehead atoms. The summed E-state index contributed by atoms with van der Waals surface area (Å²) in [5.74, 6) is -0.932. The van der Waals surface area contributed by atoms with Crippen LogP contribution in [-0.2, 0) is 7.05 Å². The maximum Gasteiger partial charge on any atom is 0.267 e. The van der Waals surface area contributed by atoms with E-state index in [2.05, 4.69) is 5.32 Å². The molecule has 98 valence electrons. The van der Waals surface area contributed by atoms with Gasteiger partial charge in [-0.3, -0.25) is 9.59 Å². The Morgan fingerprint density at radius 3 is 2.53 bits per heavy atom. The molecule has 0 saturated heterocycles. The number of hydrogen-bond acceptors (Lipinski definition) is 3. The topological polar surface area (TPSA) is 71.3 Å². The van der Waals surface area contributed by atoms with Crippen molar-refractivity contribution in [3.8, 4) is 5.75 Å². The Balaban J connectivity index is 2.40. The van der Waals surface area contributed by atoms with Gasteiger partial charge in [0.15, 0.2) is 0 Å². The zero-order valence-corrected chi connectivity index (χ0v) is 10.7. The van der Waals surface area contributed by atoms with Gasteiger partial charge in [0.2, 0.25) is 0 Å². The van der Waals surface area contributed by atoms with Crippen LogP contribution < -0.4 is 10.9 Å². The Bertz CT molecular complexity index is 675. The smallest absolute Gasteiger partial charge is 0.267 e. The minimum Gasteiger partial charge on any atom is -0.507 e. The van der Waals surface area contributed by atoms with Gasteiger partial charge < -0.3 is 15.0 Å². The SMILES string of the molecule is Cc1cc(O)c(C(=O)Nc2ccccc2)c(=O)n1C. The van der Waals surface area contributed by atoms with Crippen molar-refractivity contribution in [2.75, 3.05) is 5.32 Å². The summed E-state index contributed by atoms with van der Waals surface area (Å²) >= 11 is 0. The number of aromatic hydroxyl groups is 1. The average Bonchev–Trinajstić information content (AvgIpc) is 2.37. The second kappa shape index (κ2) is 4.97. The van der Waals surface area contributed by atoms with Crippen molar-refractivity contribution in [2.24, 2.45) is 7.05 Å². The van der Waals surface area contributed by atoms with Gasteiger partial charge in [-0.05, 0) is 19.1 Å². The number of pyridine rings is 1. The molecule has 0 radical (unpaired) electrons. The molecule has 1 aromatic carbocycles. The van der Waals surface area contributed by atoms with Crippen LogP contribution in [0.1, 0.15) is 16.1 Å². The predicted molar refractivity (Wildman–Crippen MR) is 72.5 cm³/mol. The summed E-state index contributed by atoms with van der Waals surface area (Å²) in [4.78, 5) is 24.0. The third-order valence-corrected chi connectivity index (χ3v) is 2.91. The molecule has 0 aliphatic heterocycles. The molecule has 1 aromatic heterocycles. The molecule has 0 saturated carbocycles. The zero-order chi connectivity index (χ0) is 14.0. The van der Waals surface area contributed by atoms with E-state index in [9.17, 15) is 14.7 Å². The number of rotatable bonds is 2. The summed E-state index contributed by atoms with van der Waals surface area (Å²) in [6, 6.07) is 10.1.